The normalized spacial score (nSPS) is 17.9. The smallest absolute Gasteiger partial charge is 0.245 e. The van der Waals surface area contributed by atoms with Crippen molar-refractivity contribution in [1.29, 1.82) is 0 Å². The lowest BCUT2D eigenvalue weighted by Crippen LogP contribution is -2.50. The highest BCUT2D eigenvalue weighted by Gasteiger charge is 2.24. The van der Waals surface area contributed by atoms with Gasteiger partial charge in [0.25, 0.3) is 0 Å². The van der Waals surface area contributed by atoms with E-state index in [2.05, 4.69) is 24.9 Å². The van der Waals surface area contributed by atoms with Crippen molar-refractivity contribution in [2.45, 2.75) is 19.4 Å². The summed E-state index contributed by atoms with van der Waals surface area (Å²) < 4.78 is 1.69. The van der Waals surface area contributed by atoms with E-state index in [-0.39, 0.29) is 0 Å². The topological polar surface area (TPSA) is 69.8 Å². The van der Waals surface area contributed by atoms with Gasteiger partial charge in [0.05, 0.1) is 5.60 Å². The summed E-state index contributed by atoms with van der Waals surface area (Å²) in [6, 6.07) is 1.85. The zero-order valence-corrected chi connectivity index (χ0v) is 11.9. The highest BCUT2D eigenvalue weighted by Crippen LogP contribution is 2.14. The van der Waals surface area contributed by atoms with Gasteiger partial charge in [-0.1, -0.05) is 0 Å². The van der Waals surface area contributed by atoms with Gasteiger partial charge in [-0.2, -0.15) is 4.98 Å². The summed E-state index contributed by atoms with van der Waals surface area (Å²) in [7, 11) is 0. The fraction of sp³-hybridized carbons (Fsp3) is 0.615. The third-order valence-corrected chi connectivity index (χ3v) is 3.40. The van der Waals surface area contributed by atoms with E-state index in [9.17, 15) is 5.11 Å². The van der Waals surface area contributed by atoms with Crippen LogP contribution in [0.1, 0.15) is 13.8 Å². The monoisotopic (exact) mass is 276 g/mol. The van der Waals surface area contributed by atoms with Crippen molar-refractivity contribution >= 4 is 11.6 Å². The van der Waals surface area contributed by atoms with Crippen molar-refractivity contribution in [2.75, 3.05) is 37.6 Å². The van der Waals surface area contributed by atoms with Gasteiger partial charge in [0, 0.05) is 45.0 Å². The standard InChI is InChI=1S/C13H20N6O/c1-13(2,20)9-17-5-7-18(8-6-17)12-15-11-3-4-14-10-19(11)16-12/h3-4,10,20H,5-9H2,1-2H3. The first kappa shape index (κ1) is 13.3. The molecular formula is C13H20N6O. The van der Waals surface area contributed by atoms with Gasteiger partial charge in [0.1, 0.15) is 6.33 Å². The van der Waals surface area contributed by atoms with Gasteiger partial charge < -0.3 is 10.0 Å². The summed E-state index contributed by atoms with van der Waals surface area (Å²) in [5, 5.41) is 14.3. The zero-order valence-electron chi connectivity index (χ0n) is 11.9. The largest absolute Gasteiger partial charge is 0.389 e. The number of β-amino-alcohol motifs (C(OH)–C–C–N with tert-alkyl or cyclic N) is 1. The first-order valence-corrected chi connectivity index (χ1v) is 6.87. The molecule has 3 rings (SSSR count). The second-order valence-electron chi connectivity index (χ2n) is 5.87. The van der Waals surface area contributed by atoms with E-state index in [0.29, 0.717) is 6.54 Å². The summed E-state index contributed by atoms with van der Waals surface area (Å²) in [5.41, 5.74) is 0.170. The molecule has 1 aliphatic rings. The molecule has 0 spiro atoms. The van der Waals surface area contributed by atoms with Crippen LogP contribution in [-0.2, 0) is 0 Å². The summed E-state index contributed by atoms with van der Waals surface area (Å²) in [5.74, 6) is 0.751. The lowest BCUT2D eigenvalue weighted by atomic mass is 10.1. The molecule has 108 valence electrons. The van der Waals surface area contributed by atoms with Crippen LogP contribution in [0.3, 0.4) is 0 Å². The van der Waals surface area contributed by atoms with Gasteiger partial charge in [0.15, 0.2) is 5.65 Å². The first-order chi connectivity index (χ1) is 9.51. The number of rotatable bonds is 3. The van der Waals surface area contributed by atoms with Crippen LogP contribution in [-0.4, -0.2) is 67.9 Å². The number of aromatic nitrogens is 4. The van der Waals surface area contributed by atoms with Crippen LogP contribution in [0.25, 0.3) is 5.65 Å². The quantitative estimate of drug-likeness (QED) is 0.852. The van der Waals surface area contributed by atoms with Crippen LogP contribution < -0.4 is 4.90 Å². The molecule has 0 amide bonds. The van der Waals surface area contributed by atoms with Gasteiger partial charge >= 0.3 is 0 Å². The van der Waals surface area contributed by atoms with Crippen LogP contribution in [0.4, 0.5) is 5.95 Å². The maximum atomic E-state index is 9.86. The molecule has 2 aromatic rings. The third kappa shape index (κ3) is 2.88. The van der Waals surface area contributed by atoms with Crippen LogP contribution in [0.5, 0.6) is 0 Å². The predicted molar refractivity (Wildman–Crippen MR) is 75.7 cm³/mol. The van der Waals surface area contributed by atoms with E-state index in [4.69, 9.17) is 0 Å². The molecule has 0 bridgehead atoms. The summed E-state index contributed by atoms with van der Waals surface area (Å²) >= 11 is 0. The molecule has 1 aliphatic heterocycles. The summed E-state index contributed by atoms with van der Waals surface area (Å²) in [6.07, 6.45) is 3.38. The van der Waals surface area contributed by atoms with Gasteiger partial charge in [-0.05, 0) is 13.8 Å². The number of nitrogens with zero attached hydrogens (tertiary/aromatic N) is 6. The molecule has 3 heterocycles. The Bertz CT molecular complexity index is 549. The molecule has 7 heteroatoms. The number of piperazine rings is 1. The second kappa shape index (κ2) is 4.99. The van der Waals surface area contributed by atoms with E-state index in [1.807, 2.05) is 19.9 Å². The Morgan fingerprint density at radius 3 is 2.65 bits per heavy atom. The Morgan fingerprint density at radius 1 is 1.25 bits per heavy atom. The molecule has 0 unspecified atom stereocenters. The number of aliphatic hydroxyl groups is 1. The highest BCUT2D eigenvalue weighted by molar-refractivity contribution is 5.43. The van der Waals surface area contributed by atoms with Gasteiger partial charge in [-0.3, -0.25) is 4.90 Å². The van der Waals surface area contributed by atoms with Crippen molar-refractivity contribution in [3.05, 3.63) is 18.6 Å². The van der Waals surface area contributed by atoms with Crippen molar-refractivity contribution in [3.63, 3.8) is 0 Å². The maximum Gasteiger partial charge on any atom is 0.245 e. The Kier molecular flexibility index (Phi) is 3.31. The predicted octanol–water partition coefficient (Wildman–Crippen LogP) is 0.0172. The molecule has 0 atom stereocenters. The minimum Gasteiger partial charge on any atom is -0.389 e. The van der Waals surface area contributed by atoms with Crippen molar-refractivity contribution in [1.82, 2.24) is 24.5 Å². The Labute approximate surface area is 117 Å². The van der Waals surface area contributed by atoms with Gasteiger partial charge in [-0.15, -0.1) is 5.10 Å². The Balaban J connectivity index is 1.66. The Morgan fingerprint density at radius 2 is 2.00 bits per heavy atom. The number of hydrogen-bond acceptors (Lipinski definition) is 6. The molecule has 1 saturated heterocycles. The average Bonchev–Trinajstić information content (AvgIpc) is 2.81. The Hall–Kier alpha value is -1.73. The highest BCUT2D eigenvalue weighted by atomic mass is 16.3. The molecule has 2 aromatic heterocycles. The van der Waals surface area contributed by atoms with E-state index in [1.54, 1.807) is 17.0 Å². The zero-order chi connectivity index (χ0) is 14.2. The molecule has 1 fully saturated rings. The molecule has 20 heavy (non-hydrogen) atoms. The SMILES string of the molecule is CC(C)(O)CN1CCN(c2nc3ccncn3n2)CC1. The van der Waals surface area contributed by atoms with Crippen LogP contribution in [0.2, 0.25) is 0 Å². The van der Waals surface area contributed by atoms with E-state index in [1.165, 1.54) is 0 Å². The minimum absolute atomic E-state index is 0.644. The molecule has 0 saturated carbocycles. The number of hydrogen-bond donors (Lipinski definition) is 1. The molecule has 7 nitrogen and oxygen atoms in total. The third-order valence-electron chi connectivity index (χ3n) is 3.40. The average molecular weight is 276 g/mol. The minimum atomic E-state index is -0.644. The van der Waals surface area contributed by atoms with Crippen LogP contribution in [0, 0.1) is 0 Å². The fourth-order valence-corrected chi connectivity index (χ4v) is 2.52. The molecule has 1 N–H and O–H groups in total. The van der Waals surface area contributed by atoms with E-state index >= 15 is 0 Å². The van der Waals surface area contributed by atoms with E-state index in [0.717, 1.165) is 37.8 Å². The first-order valence-electron chi connectivity index (χ1n) is 6.87. The van der Waals surface area contributed by atoms with Gasteiger partial charge in [0.2, 0.25) is 5.95 Å². The number of fused-ring (bicyclic) bond motifs is 1. The molecule has 0 aliphatic carbocycles. The summed E-state index contributed by atoms with van der Waals surface area (Å²) in [4.78, 5) is 13.0. The molecular weight excluding hydrogens is 256 g/mol. The van der Waals surface area contributed by atoms with Crippen molar-refractivity contribution in [2.24, 2.45) is 0 Å². The lowest BCUT2D eigenvalue weighted by molar-refractivity contribution is 0.0344. The van der Waals surface area contributed by atoms with Crippen LogP contribution in [0.15, 0.2) is 18.6 Å². The molecule has 0 aromatic carbocycles. The lowest BCUT2D eigenvalue weighted by Gasteiger charge is -2.36. The fourth-order valence-electron chi connectivity index (χ4n) is 2.52. The summed E-state index contributed by atoms with van der Waals surface area (Å²) in [6.45, 7) is 7.96. The maximum absolute atomic E-state index is 9.86. The molecule has 0 radical (unpaired) electrons. The second-order valence-corrected chi connectivity index (χ2v) is 5.87. The van der Waals surface area contributed by atoms with Crippen molar-refractivity contribution in [3.8, 4) is 0 Å². The van der Waals surface area contributed by atoms with Crippen LogP contribution >= 0.6 is 0 Å². The van der Waals surface area contributed by atoms with E-state index < -0.39 is 5.60 Å². The van der Waals surface area contributed by atoms with Gasteiger partial charge in [-0.25, -0.2) is 9.50 Å². The van der Waals surface area contributed by atoms with Crippen molar-refractivity contribution < 1.29 is 5.11 Å². The number of anilines is 1.